The topological polar surface area (TPSA) is 51.2 Å². The Labute approximate surface area is 242 Å². The standard InChI is InChI=1S/C37H50O3/c1-9-11-26(29(10-2)34(39)16-23(4)38)17-25-18-32-31(28-14-15-30-22(3)12-13-27(30)20-28)21-33(37(6,7)8)24(5)36(32)35(40)19-25/h14-15,20-22,25-26,29H,9-13,16-19H2,1-8H3. The van der Waals surface area contributed by atoms with Crippen LogP contribution >= 0.6 is 0 Å². The van der Waals surface area contributed by atoms with E-state index in [-0.39, 0.29) is 46.9 Å². The van der Waals surface area contributed by atoms with Crippen molar-refractivity contribution >= 4 is 17.3 Å². The van der Waals surface area contributed by atoms with Gasteiger partial charge in [0.2, 0.25) is 0 Å². The van der Waals surface area contributed by atoms with Crippen molar-refractivity contribution in [2.45, 2.75) is 125 Å². The van der Waals surface area contributed by atoms with Gasteiger partial charge in [0.1, 0.15) is 11.6 Å². The average Bonchev–Trinajstić information content (AvgIpc) is 3.23. The summed E-state index contributed by atoms with van der Waals surface area (Å²) >= 11 is 0. The van der Waals surface area contributed by atoms with Crippen molar-refractivity contribution < 1.29 is 14.4 Å². The maximum Gasteiger partial charge on any atom is 0.163 e. The van der Waals surface area contributed by atoms with Crippen LogP contribution < -0.4 is 0 Å². The van der Waals surface area contributed by atoms with Gasteiger partial charge in [-0.1, -0.05) is 78.6 Å². The Kier molecular flexibility index (Phi) is 9.22. The molecule has 4 atom stereocenters. The van der Waals surface area contributed by atoms with Gasteiger partial charge in [0.25, 0.3) is 0 Å². The van der Waals surface area contributed by atoms with Gasteiger partial charge >= 0.3 is 0 Å². The number of hydrogen-bond donors (Lipinski definition) is 0. The van der Waals surface area contributed by atoms with Crippen molar-refractivity contribution in [1.29, 1.82) is 0 Å². The Morgan fingerprint density at radius 1 is 1.07 bits per heavy atom. The maximum atomic E-state index is 14.0. The van der Waals surface area contributed by atoms with Crippen molar-refractivity contribution in [3.63, 3.8) is 0 Å². The highest BCUT2D eigenvalue weighted by molar-refractivity contribution is 6.02. The zero-order chi connectivity index (χ0) is 29.4. The van der Waals surface area contributed by atoms with Gasteiger partial charge in [-0.05, 0) is 108 Å². The van der Waals surface area contributed by atoms with Crippen molar-refractivity contribution in [3.05, 3.63) is 57.6 Å². The van der Waals surface area contributed by atoms with E-state index in [0.717, 1.165) is 49.7 Å². The van der Waals surface area contributed by atoms with Crippen LogP contribution in [0.4, 0.5) is 0 Å². The first-order valence-corrected chi connectivity index (χ1v) is 15.7. The number of rotatable bonds is 10. The molecular formula is C37H50O3. The summed E-state index contributed by atoms with van der Waals surface area (Å²) in [5.74, 6) is 1.20. The molecule has 40 heavy (non-hydrogen) atoms. The minimum Gasteiger partial charge on any atom is -0.300 e. The number of carbonyl (C=O) groups excluding carboxylic acids is 3. The molecule has 0 aromatic heterocycles. The molecule has 2 aromatic rings. The number of ketones is 3. The van der Waals surface area contributed by atoms with Crippen LogP contribution in [-0.2, 0) is 27.8 Å². The molecule has 0 amide bonds. The van der Waals surface area contributed by atoms with E-state index in [1.54, 1.807) is 0 Å². The fourth-order valence-electron chi connectivity index (χ4n) is 7.83. The van der Waals surface area contributed by atoms with Crippen LogP contribution in [0.5, 0.6) is 0 Å². The third-order valence-corrected chi connectivity index (χ3v) is 9.72. The second-order valence-electron chi connectivity index (χ2n) is 13.9. The van der Waals surface area contributed by atoms with Crippen LogP contribution in [0.25, 0.3) is 11.1 Å². The second kappa shape index (κ2) is 12.1. The minimum atomic E-state index is -0.108. The van der Waals surface area contributed by atoms with Gasteiger partial charge in [-0.25, -0.2) is 0 Å². The van der Waals surface area contributed by atoms with Gasteiger partial charge in [0, 0.05) is 17.9 Å². The number of carbonyl (C=O) groups is 3. The maximum absolute atomic E-state index is 14.0. The Hall–Kier alpha value is -2.55. The lowest BCUT2D eigenvalue weighted by Crippen LogP contribution is -2.30. The van der Waals surface area contributed by atoms with Crippen LogP contribution in [0.2, 0.25) is 0 Å². The normalized spacial score (nSPS) is 20.1. The summed E-state index contributed by atoms with van der Waals surface area (Å²) < 4.78 is 0. The first-order valence-electron chi connectivity index (χ1n) is 15.7. The molecule has 216 valence electrons. The number of Topliss-reactive ketones (excluding diaryl/α,β-unsaturated/α-hetero) is 3. The summed E-state index contributed by atoms with van der Waals surface area (Å²) in [7, 11) is 0. The van der Waals surface area contributed by atoms with Gasteiger partial charge in [0.05, 0.1) is 6.42 Å². The first-order chi connectivity index (χ1) is 18.8. The van der Waals surface area contributed by atoms with Crippen LogP contribution in [0.15, 0.2) is 24.3 Å². The number of benzene rings is 2. The van der Waals surface area contributed by atoms with Crippen LogP contribution in [0.1, 0.15) is 138 Å². The molecule has 2 aliphatic carbocycles. The Morgan fingerprint density at radius 2 is 1.80 bits per heavy atom. The highest BCUT2D eigenvalue weighted by Gasteiger charge is 2.36. The molecule has 0 saturated heterocycles. The largest absolute Gasteiger partial charge is 0.300 e. The van der Waals surface area contributed by atoms with E-state index in [9.17, 15) is 14.4 Å². The number of hydrogen-bond acceptors (Lipinski definition) is 3. The number of fused-ring (bicyclic) bond motifs is 2. The van der Waals surface area contributed by atoms with Crippen LogP contribution in [-0.4, -0.2) is 17.3 Å². The fourth-order valence-corrected chi connectivity index (χ4v) is 7.83. The summed E-state index contributed by atoms with van der Waals surface area (Å²) in [6.45, 7) is 16.9. The Morgan fingerprint density at radius 3 is 2.42 bits per heavy atom. The highest BCUT2D eigenvalue weighted by Crippen LogP contribution is 2.44. The quantitative estimate of drug-likeness (QED) is 0.281. The highest BCUT2D eigenvalue weighted by atomic mass is 16.1. The summed E-state index contributed by atoms with van der Waals surface area (Å²) in [4.78, 5) is 38.8. The first kappa shape index (κ1) is 30.4. The lowest BCUT2D eigenvalue weighted by Gasteiger charge is -2.34. The third-order valence-electron chi connectivity index (χ3n) is 9.72. The predicted molar refractivity (Wildman–Crippen MR) is 165 cm³/mol. The summed E-state index contributed by atoms with van der Waals surface area (Å²) in [5, 5.41) is 0. The van der Waals surface area contributed by atoms with Crippen molar-refractivity contribution in [2.24, 2.45) is 17.8 Å². The molecule has 2 aliphatic rings. The van der Waals surface area contributed by atoms with Gasteiger partial charge in [-0.2, -0.15) is 0 Å². The number of aryl methyl sites for hydroxylation is 1. The zero-order valence-electron chi connectivity index (χ0n) is 26.2. The van der Waals surface area contributed by atoms with Gasteiger partial charge in [0.15, 0.2) is 5.78 Å². The van der Waals surface area contributed by atoms with E-state index in [1.807, 2.05) is 0 Å². The van der Waals surface area contributed by atoms with Crippen molar-refractivity contribution in [2.75, 3.05) is 0 Å². The molecule has 0 bridgehead atoms. The molecule has 0 aliphatic heterocycles. The Balaban J connectivity index is 1.76. The minimum absolute atomic E-state index is 0.0288. The molecule has 0 spiro atoms. The van der Waals surface area contributed by atoms with Crippen LogP contribution in [0, 0.1) is 24.7 Å². The summed E-state index contributed by atoms with van der Waals surface area (Å²) in [6, 6.07) is 9.35. The molecule has 4 rings (SSSR count). The zero-order valence-corrected chi connectivity index (χ0v) is 26.2. The molecule has 0 fully saturated rings. The molecule has 3 nitrogen and oxygen atoms in total. The van der Waals surface area contributed by atoms with E-state index < -0.39 is 0 Å². The van der Waals surface area contributed by atoms with E-state index in [0.29, 0.717) is 12.3 Å². The predicted octanol–water partition coefficient (Wildman–Crippen LogP) is 9.14. The molecule has 0 heterocycles. The molecule has 0 saturated carbocycles. The van der Waals surface area contributed by atoms with E-state index >= 15 is 0 Å². The summed E-state index contributed by atoms with van der Waals surface area (Å²) in [6.07, 6.45) is 7.34. The SMILES string of the molecule is CCCC(CC1CC(=O)c2c(C)c(C(C)(C)C)cc(-c3ccc4c(c3)CCC4C)c2C1)C(CC)C(=O)CC(C)=O. The fraction of sp³-hybridized carbons (Fsp3) is 0.595. The smallest absolute Gasteiger partial charge is 0.163 e. The second-order valence-corrected chi connectivity index (χ2v) is 13.9. The van der Waals surface area contributed by atoms with E-state index in [4.69, 9.17) is 0 Å². The monoisotopic (exact) mass is 542 g/mol. The lowest BCUT2D eigenvalue weighted by atomic mass is 9.69. The molecule has 0 N–H and O–H groups in total. The molecule has 0 radical (unpaired) electrons. The van der Waals surface area contributed by atoms with Crippen molar-refractivity contribution in [1.82, 2.24) is 0 Å². The van der Waals surface area contributed by atoms with Crippen LogP contribution in [0.3, 0.4) is 0 Å². The van der Waals surface area contributed by atoms with Gasteiger partial charge in [-0.3, -0.25) is 14.4 Å². The lowest BCUT2D eigenvalue weighted by molar-refractivity contribution is -0.129. The van der Waals surface area contributed by atoms with Gasteiger partial charge in [-0.15, -0.1) is 0 Å². The average molecular weight is 543 g/mol. The molecule has 2 aromatic carbocycles. The molecule has 3 heteroatoms. The van der Waals surface area contributed by atoms with E-state index in [2.05, 4.69) is 72.7 Å². The van der Waals surface area contributed by atoms with Gasteiger partial charge < -0.3 is 0 Å². The third kappa shape index (κ3) is 6.19. The van der Waals surface area contributed by atoms with Crippen molar-refractivity contribution in [3.8, 4) is 11.1 Å². The molecular weight excluding hydrogens is 492 g/mol. The molecule has 4 unspecified atom stereocenters. The summed E-state index contributed by atoms with van der Waals surface area (Å²) in [5.41, 5.74) is 9.85. The van der Waals surface area contributed by atoms with E-state index in [1.165, 1.54) is 46.7 Å². The Bertz CT molecular complexity index is 1290.